The molecule has 60 heavy (non-hydrogen) atoms. The summed E-state index contributed by atoms with van der Waals surface area (Å²) in [7, 11) is 0. The summed E-state index contributed by atoms with van der Waals surface area (Å²) < 4.78 is 16.8. The third-order valence-electron chi connectivity index (χ3n) is 10.8. The summed E-state index contributed by atoms with van der Waals surface area (Å²) in [6.07, 6.45) is 59.1. The molecular weight excluding hydrogens is 745 g/mol. The van der Waals surface area contributed by atoms with Gasteiger partial charge in [-0.25, -0.2) is 0 Å². The van der Waals surface area contributed by atoms with Crippen LogP contribution in [0.1, 0.15) is 245 Å². The molecule has 0 aromatic rings. The van der Waals surface area contributed by atoms with Crippen LogP contribution in [0.5, 0.6) is 0 Å². The fourth-order valence-corrected chi connectivity index (χ4v) is 6.94. The summed E-state index contributed by atoms with van der Waals surface area (Å²) in [6.45, 7) is 6.47. The minimum Gasteiger partial charge on any atom is -0.462 e. The van der Waals surface area contributed by atoms with Crippen LogP contribution in [0.25, 0.3) is 0 Å². The van der Waals surface area contributed by atoms with Crippen molar-refractivity contribution < 1.29 is 28.6 Å². The average Bonchev–Trinajstić information content (AvgIpc) is 3.24. The fourth-order valence-electron chi connectivity index (χ4n) is 6.94. The number of unbranched alkanes of at least 4 members (excludes halogenated alkanes) is 24. The van der Waals surface area contributed by atoms with Gasteiger partial charge in [0, 0.05) is 19.3 Å². The molecular formula is C54H94O6. The van der Waals surface area contributed by atoms with Crippen molar-refractivity contribution in [2.75, 3.05) is 13.2 Å². The first kappa shape index (κ1) is 57.1. The summed E-state index contributed by atoms with van der Waals surface area (Å²) in [6, 6.07) is 0. The van der Waals surface area contributed by atoms with Crippen LogP contribution in [0.2, 0.25) is 0 Å². The number of esters is 3. The Morgan fingerprint density at radius 1 is 0.350 bits per heavy atom. The Labute approximate surface area is 370 Å². The van der Waals surface area contributed by atoms with Crippen molar-refractivity contribution in [1.82, 2.24) is 0 Å². The van der Waals surface area contributed by atoms with Crippen LogP contribution in [-0.4, -0.2) is 37.2 Å². The molecule has 6 heteroatoms. The number of carbonyl (C=O) groups is 3. The highest BCUT2D eigenvalue weighted by atomic mass is 16.6. The van der Waals surface area contributed by atoms with Gasteiger partial charge in [-0.3, -0.25) is 14.4 Å². The topological polar surface area (TPSA) is 78.9 Å². The summed E-state index contributed by atoms with van der Waals surface area (Å²) in [5.41, 5.74) is 0. The van der Waals surface area contributed by atoms with Gasteiger partial charge in [-0.2, -0.15) is 0 Å². The molecule has 0 aliphatic carbocycles. The van der Waals surface area contributed by atoms with E-state index >= 15 is 0 Å². The van der Waals surface area contributed by atoms with Gasteiger partial charge in [0.2, 0.25) is 0 Å². The minimum atomic E-state index is -0.779. The van der Waals surface area contributed by atoms with E-state index in [0.717, 1.165) is 96.3 Å². The second kappa shape index (κ2) is 48.8. The lowest BCUT2D eigenvalue weighted by Crippen LogP contribution is -2.30. The maximum atomic E-state index is 12.8. The number of carbonyl (C=O) groups excluding carboxylic acids is 3. The van der Waals surface area contributed by atoms with Crippen molar-refractivity contribution in [1.29, 1.82) is 0 Å². The molecule has 1 unspecified atom stereocenters. The number of ether oxygens (including phenoxy) is 3. The lowest BCUT2D eigenvalue weighted by Gasteiger charge is -2.18. The first-order valence-electron chi connectivity index (χ1n) is 25.3. The van der Waals surface area contributed by atoms with E-state index in [9.17, 15) is 14.4 Å². The van der Waals surface area contributed by atoms with E-state index < -0.39 is 6.10 Å². The second-order valence-corrected chi connectivity index (χ2v) is 16.7. The van der Waals surface area contributed by atoms with Crippen molar-refractivity contribution in [3.05, 3.63) is 60.8 Å². The summed E-state index contributed by atoms with van der Waals surface area (Å²) >= 11 is 0. The zero-order valence-corrected chi connectivity index (χ0v) is 39.5. The largest absolute Gasteiger partial charge is 0.462 e. The molecule has 0 aliphatic heterocycles. The Morgan fingerprint density at radius 3 is 1.08 bits per heavy atom. The highest BCUT2D eigenvalue weighted by Crippen LogP contribution is 2.15. The van der Waals surface area contributed by atoms with E-state index in [1.54, 1.807) is 0 Å². The highest BCUT2D eigenvalue weighted by molar-refractivity contribution is 5.71. The molecule has 0 saturated carbocycles. The normalized spacial score (nSPS) is 12.5. The lowest BCUT2D eigenvalue weighted by atomic mass is 10.0. The molecule has 0 amide bonds. The van der Waals surface area contributed by atoms with Crippen molar-refractivity contribution >= 4 is 17.9 Å². The minimum absolute atomic E-state index is 0.0818. The van der Waals surface area contributed by atoms with Gasteiger partial charge in [0.15, 0.2) is 6.10 Å². The molecule has 0 heterocycles. The van der Waals surface area contributed by atoms with Crippen LogP contribution in [0.3, 0.4) is 0 Å². The smallest absolute Gasteiger partial charge is 0.306 e. The Morgan fingerprint density at radius 2 is 0.667 bits per heavy atom. The van der Waals surface area contributed by atoms with E-state index in [-0.39, 0.29) is 31.1 Å². The Hall–Kier alpha value is -2.89. The molecule has 0 spiro atoms. The molecule has 346 valence electrons. The van der Waals surface area contributed by atoms with Gasteiger partial charge >= 0.3 is 17.9 Å². The van der Waals surface area contributed by atoms with Crippen LogP contribution < -0.4 is 0 Å². The number of hydrogen-bond donors (Lipinski definition) is 0. The van der Waals surface area contributed by atoms with Gasteiger partial charge in [0.1, 0.15) is 13.2 Å². The lowest BCUT2D eigenvalue weighted by molar-refractivity contribution is -0.167. The third-order valence-corrected chi connectivity index (χ3v) is 10.8. The molecule has 0 fully saturated rings. The first-order valence-corrected chi connectivity index (χ1v) is 25.3. The van der Waals surface area contributed by atoms with Crippen LogP contribution in [0, 0.1) is 0 Å². The maximum absolute atomic E-state index is 12.8. The summed E-state index contributed by atoms with van der Waals surface area (Å²) in [4.78, 5) is 37.9. The van der Waals surface area contributed by atoms with E-state index in [1.807, 2.05) is 0 Å². The monoisotopic (exact) mass is 839 g/mol. The van der Waals surface area contributed by atoms with Crippen molar-refractivity contribution in [2.45, 2.75) is 252 Å². The van der Waals surface area contributed by atoms with Crippen LogP contribution in [0.4, 0.5) is 0 Å². The predicted octanol–water partition coefficient (Wildman–Crippen LogP) is 16.5. The third kappa shape index (κ3) is 46.2. The zero-order chi connectivity index (χ0) is 43.7. The molecule has 0 bridgehead atoms. The van der Waals surface area contributed by atoms with Crippen molar-refractivity contribution in [3.8, 4) is 0 Å². The molecule has 0 aromatic carbocycles. The average molecular weight is 839 g/mol. The quantitative estimate of drug-likeness (QED) is 0.0263. The zero-order valence-electron chi connectivity index (χ0n) is 39.5. The summed E-state index contributed by atoms with van der Waals surface area (Å²) in [5.74, 6) is -0.902. The van der Waals surface area contributed by atoms with Crippen LogP contribution >= 0.6 is 0 Å². The summed E-state index contributed by atoms with van der Waals surface area (Å²) in [5, 5.41) is 0. The Bertz CT molecular complexity index is 1100. The molecule has 0 saturated heterocycles. The van der Waals surface area contributed by atoms with Gasteiger partial charge in [-0.1, -0.05) is 210 Å². The predicted molar refractivity (Wildman–Crippen MR) is 256 cm³/mol. The first-order chi connectivity index (χ1) is 29.5. The maximum Gasteiger partial charge on any atom is 0.306 e. The molecule has 0 radical (unpaired) electrons. The fraction of sp³-hybridized carbons (Fsp3) is 0.759. The Balaban J connectivity index is 4.36. The van der Waals surface area contributed by atoms with Crippen molar-refractivity contribution in [3.63, 3.8) is 0 Å². The van der Waals surface area contributed by atoms with Gasteiger partial charge in [-0.05, 0) is 77.0 Å². The van der Waals surface area contributed by atoms with E-state index in [0.29, 0.717) is 19.3 Å². The molecule has 0 aliphatic rings. The van der Waals surface area contributed by atoms with Gasteiger partial charge < -0.3 is 14.2 Å². The number of hydrogen-bond acceptors (Lipinski definition) is 6. The van der Waals surface area contributed by atoms with Gasteiger partial charge in [-0.15, -0.1) is 0 Å². The Kier molecular flexibility index (Phi) is 46.4. The number of rotatable bonds is 45. The number of allylic oxidation sites excluding steroid dienone is 10. The van der Waals surface area contributed by atoms with Gasteiger partial charge in [0.05, 0.1) is 0 Å². The molecule has 6 nitrogen and oxygen atoms in total. The standard InChI is InChI=1S/C54H94O6/c1-4-7-10-13-16-19-22-24-25-26-27-28-29-30-33-35-38-41-44-47-53(56)59-50-51(49-58-52(55)46-43-40-37-34-31-21-18-15-12-9-6-3)60-54(57)48-45-42-39-36-32-23-20-17-14-11-8-5-2/h7,10,15-16,18-19,24-25,27-28,51H,4-6,8-9,11-14,17,20-23,26,29-50H2,1-3H3/b10-7-,18-15-,19-16-,25-24-,28-27-. The van der Waals surface area contributed by atoms with Crippen LogP contribution in [0.15, 0.2) is 60.8 Å². The van der Waals surface area contributed by atoms with E-state index in [4.69, 9.17) is 14.2 Å². The molecule has 0 rings (SSSR count). The van der Waals surface area contributed by atoms with Gasteiger partial charge in [0.25, 0.3) is 0 Å². The van der Waals surface area contributed by atoms with Crippen LogP contribution in [-0.2, 0) is 28.6 Å². The highest BCUT2D eigenvalue weighted by Gasteiger charge is 2.19. The van der Waals surface area contributed by atoms with Crippen molar-refractivity contribution in [2.24, 2.45) is 0 Å². The second-order valence-electron chi connectivity index (χ2n) is 16.7. The molecule has 0 aromatic heterocycles. The molecule has 1 atom stereocenters. The SMILES string of the molecule is CC/C=C\C/C=C\C/C=C\C/C=C\CCCCCCCCC(=O)OCC(COC(=O)CCCCCCC/C=C\CCCC)OC(=O)CCCCCCCCCCCCCC. The van der Waals surface area contributed by atoms with E-state index in [2.05, 4.69) is 81.5 Å². The van der Waals surface area contributed by atoms with E-state index in [1.165, 1.54) is 109 Å². The molecule has 0 N–H and O–H groups in total.